The van der Waals surface area contributed by atoms with E-state index in [1.807, 2.05) is 30.1 Å². The maximum Gasteiger partial charge on any atom is 0.224 e. The number of nitrogens with zero attached hydrogens (tertiary/aromatic N) is 4. The van der Waals surface area contributed by atoms with Crippen LogP contribution in [0.5, 0.6) is 0 Å². The molecule has 2 aromatic heterocycles. The number of rotatable bonds is 4. The van der Waals surface area contributed by atoms with E-state index in [4.69, 9.17) is 4.99 Å². The van der Waals surface area contributed by atoms with Crippen LogP contribution in [0.1, 0.15) is 37.8 Å². The van der Waals surface area contributed by atoms with Gasteiger partial charge in [0.05, 0.1) is 10.4 Å². The van der Waals surface area contributed by atoms with Gasteiger partial charge in [0.15, 0.2) is 5.50 Å². The van der Waals surface area contributed by atoms with Crippen molar-refractivity contribution in [3.63, 3.8) is 0 Å². The van der Waals surface area contributed by atoms with Crippen molar-refractivity contribution in [2.45, 2.75) is 42.3 Å². The third kappa shape index (κ3) is 4.30. The maximum atomic E-state index is 4.74. The molecule has 1 aliphatic heterocycles. The van der Waals surface area contributed by atoms with Crippen molar-refractivity contribution in [1.29, 1.82) is 0 Å². The number of anilines is 1. The second-order valence-corrected chi connectivity index (χ2v) is 7.67. The number of hydrogen-bond donors (Lipinski definition) is 1. The number of nitrogens with one attached hydrogen (secondary N) is 1. The summed E-state index contributed by atoms with van der Waals surface area (Å²) in [4.78, 5) is 17.9. The highest BCUT2D eigenvalue weighted by Crippen LogP contribution is 2.51. The van der Waals surface area contributed by atoms with Gasteiger partial charge in [0, 0.05) is 24.8 Å². The molecule has 1 saturated carbocycles. The summed E-state index contributed by atoms with van der Waals surface area (Å²) >= 11 is 1.84. The van der Waals surface area contributed by atoms with Gasteiger partial charge in [-0.2, -0.15) is 0 Å². The molecular formula is C18H23Cl2N5S. The van der Waals surface area contributed by atoms with Gasteiger partial charge in [-0.3, -0.25) is 9.98 Å². The summed E-state index contributed by atoms with van der Waals surface area (Å²) in [5.74, 6) is 1.20. The van der Waals surface area contributed by atoms with Crippen molar-refractivity contribution in [2.75, 3.05) is 5.32 Å². The van der Waals surface area contributed by atoms with Crippen LogP contribution in [0, 0.1) is 5.92 Å². The molecule has 1 aliphatic carbocycles. The van der Waals surface area contributed by atoms with Crippen molar-refractivity contribution in [3.05, 3.63) is 48.5 Å². The number of aromatic nitrogens is 3. The average Bonchev–Trinajstić information content (AvgIpc) is 3.09. The molecule has 26 heavy (non-hydrogen) atoms. The minimum absolute atomic E-state index is 0. The van der Waals surface area contributed by atoms with Crippen LogP contribution in [0.3, 0.4) is 0 Å². The molecule has 1 fully saturated rings. The van der Waals surface area contributed by atoms with Crippen LogP contribution >= 0.6 is 36.6 Å². The van der Waals surface area contributed by atoms with Crippen LogP contribution in [-0.4, -0.2) is 26.7 Å². The second kappa shape index (κ2) is 9.53. The zero-order chi connectivity index (χ0) is 16.2. The van der Waals surface area contributed by atoms with Crippen LogP contribution in [0.4, 0.5) is 5.95 Å². The fourth-order valence-electron chi connectivity index (χ4n) is 3.64. The number of halogens is 2. The van der Waals surface area contributed by atoms with E-state index in [9.17, 15) is 0 Å². The molecule has 8 heteroatoms. The molecule has 2 unspecified atom stereocenters. The minimum Gasteiger partial charge on any atom is -0.324 e. The van der Waals surface area contributed by atoms with E-state index in [2.05, 4.69) is 38.6 Å². The summed E-state index contributed by atoms with van der Waals surface area (Å²) in [5.41, 5.74) is 1.04. The standard InChI is InChI=1S/C18H21N5S.2ClH/c1-2-7-14(8-3-1)18(15-9-4-5-10-19-15)13-22-17(24-18)23-16-20-11-6-12-21-16;;/h4-6,9-14,17H,1-3,7-8H2,(H,20,21,23);2*1H. The Balaban J connectivity index is 0.00000121. The Bertz CT molecular complexity index is 697. The summed E-state index contributed by atoms with van der Waals surface area (Å²) in [6.07, 6.45) is 13.9. The highest BCUT2D eigenvalue weighted by atomic mass is 35.5. The molecule has 0 bridgehead atoms. The molecule has 0 amide bonds. The highest BCUT2D eigenvalue weighted by Gasteiger charge is 2.46. The molecule has 3 heterocycles. The summed E-state index contributed by atoms with van der Waals surface area (Å²) in [6, 6.07) is 8.00. The molecule has 0 spiro atoms. The second-order valence-electron chi connectivity index (χ2n) is 6.31. The van der Waals surface area contributed by atoms with Gasteiger partial charge >= 0.3 is 0 Å². The lowest BCUT2D eigenvalue weighted by atomic mass is 9.78. The van der Waals surface area contributed by atoms with E-state index in [1.54, 1.807) is 12.4 Å². The predicted octanol–water partition coefficient (Wildman–Crippen LogP) is 4.70. The lowest BCUT2D eigenvalue weighted by Gasteiger charge is -2.37. The fraction of sp³-hybridized carbons (Fsp3) is 0.444. The largest absolute Gasteiger partial charge is 0.324 e. The van der Waals surface area contributed by atoms with Crippen molar-refractivity contribution in [1.82, 2.24) is 15.0 Å². The Morgan fingerprint density at radius 1 is 0.923 bits per heavy atom. The van der Waals surface area contributed by atoms with Gasteiger partial charge < -0.3 is 5.32 Å². The monoisotopic (exact) mass is 411 g/mol. The zero-order valence-electron chi connectivity index (χ0n) is 14.3. The molecule has 0 radical (unpaired) electrons. The number of aliphatic imine (C=N–C) groups is 1. The summed E-state index contributed by atoms with van der Waals surface area (Å²) < 4.78 is -0.145. The van der Waals surface area contributed by atoms with E-state index >= 15 is 0 Å². The van der Waals surface area contributed by atoms with Crippen LogP contribution in [0.15, 0.2) is 47.8 Å². The van der Waals surface area contributed by atoms with Gasteiger partial charge in [-0.1, -0.05) is 37.1 Å². The average molecular weight is 412 g/mol. The topological polar surface area (TPSA) is 63.1 Å². The van der Waals surface area contributed by atoms with E-state index in [-0.39, 0.29) is 35.1 Å². The smallest absolute Gasteiger partial charge is 0.224 e. The Morgan fingerprint density at radius 2 is 1.65 bits per heavy atom. The zero-order valence-corrected chi connectivity index (χ0v) is 16.8. The van der Waals surface area contributed by atoms with Crippen LogP contribution in [0.2, 0.25) is 0 Å². The Kier molecular flexibility index (Phi) is 7.68. The number of hydrogen-bond acceptors (Lipinski definition) is 6. The minimum atomic E-state index is -0.145. The molecular weight excluding hydrogens is 389 g/mol. The summed E-state index contributed by atoms with van der Waals surface area (Å²) in [5, 5.41) is 3.32. The first-order valence-corrected chi connectivity index (χ1v) is 9.42. The van der Waals surface area contributed by atoms with Gasteiger partial charge in [-0.15, -0.1) is 24.8 Å². The van der Waals surface area contributed by atoms with Gasteiger partial charge in [0.2, 0.25) is 5.95 Å². The molecule has 0 saturated heterocycles. The van der Waals surface area contributed by atoms with E-state index in [0.717, 1.165) is 5.69 Å². The SMILES string of the molecule is C1=NC(Nc2ncccn2)SC1(c1ccccn1)C1CCCCC1.Cl.Cl. The van der Waals surface area contributed by atoms with Gasteiger partial charge in [0.25, 0.3) is 0 Å². The molecule has 140 valence electrons. The van der Waals surface area contributed by atoms with E-state index in [0.29, 0.717) is 11.9 Å². The molecule has 2 aromatic rings. The highest BCUT2D eigenvalue weighted by molar-refractivity contribution is 8.01. The van der Waals surface area contributed by atoms with E-state index < -0.39 is 0 Å². The van der Waals surface area contributed by atoms with Gasteiger partial charge in [-0.05, 0) is 37.0 Å². The van der Waals surface area contributed by atoms with Crippen molar-refractivity contribution < 1.29 is 0 Å². The Hall–Kier alpha value is -1.37. The lowest BCUT2D eigenvalue weighted by molar-refractivity contribution is 0.324. The lowest BCUT2D eigenvalue weighted by Crippen LogP contribution is -2.35. The number of pyridine rings is 1. The first-order valence-electron chi connectivity index (χ1n) is 8.54. The molecule has 0 aromatic carbocycles. The first kappa shape index (κ1) is 20.9. The quantitative estimate of drug-likeness (QED) is 0.789. The van der Waals surface area contributed by atoms with Crippen molar-refractivity contribution in [2.24, 2.45) is 10.9 Å². The van der Waals surface area contributed by atoms with E-state index in [1.165, 1.54) is 32.1 Å². The van der Waals surface area contributed by atoms with Crippen LogP contribution < -0.4 is 5.32 Å². The van der Waals surface area contributed by atoms with Gasteiger partial charge in [-0.25, -0.2) is 9.97 Å². The summed E-state index contributed by atoms with van der Waals surface area (Å²) in [6.45, 7) is 0. The molecule has 4 rings (SSSR count). The van der Waals surface area contributed by atoms with Crippen LogP contribution in [-0.2, 0) is 4.75 Å². The van der Waals surface area contributed by atoms with Crippen molar-refractivity contribution >= 4 is 48.7 Å². The normalized spacial score (nSPS) is 25.2. The third-order valence-electron chi connectivity index (χ3n) is 4.80. The van der Waals surface area contributed by atoms with Gasteiger partial charge in [0.1, 0.15) is 0 Å². The molecule has 1 N–H and O–H groups in total. The molecule has 5 nitrogen and oxygen atoms in total. The fourth-order valence-corrected chi connectivity index (χ4v) is 5.08. The molecule has 2 aliphatic rings. The summed E-state index contributed by atoms with van der Waals surface area (Å²) in [7, 11) is 0. The van der Waals surface area contributed by atoms with Crippen LogP contribution in [0.25, 0.3) is 0 Å². The third-order valence-corrected chi connectivity index (χ3v) is 6.30. The molecule has 2 atom stereocenters. The predicted molar refractivity (Wildman–Crippen MR) is 113 cm³/mol. The van der Waals surface area contributed by atoms with Crippen molar-refractivity contribution in [3.8, 4) is 0 Å². The maximum absolute atomic E-state index is 4.74. The number of thioether (sulfide) groups is 1. The first-order chi connectivity index (χ1) is 11.9. The Labute approximate surface area is 170 Å². The Morgan fingerprint density at radius 3 is 2.35 bits per heavy atom.